The van der Waals surface area contributed by atoms with Gasteiger partial charge in [0.05, 0.1) is 58.3 Å². The van der Waals surface area contributed by atoms with E-state index in [1.54, 1.807) is 18.2 Å². The molecule has 2 aromatic carbocycles. The number of carbonyl (C=O) groups is 1. The molecule has 0 bridgehead atoms. The van der Waals surface area contributed by atoms with Crippen LogP contribution < -0.4 is 18.9 Å². The number of hydrogen-bond acceptors (Lipinski definition) is 9. The predicted octanol–water partition coefficient (Wildman–Crippen LogP) is 2.79. The van der Waals surface area contributed by atoms with Gasteiger partial charge in [-0.25, -0.2) is 0 Å². The summed E-state index contributed by atoms with van der Waals surface area (Å²) in [7, 11) is 0. The van der Waals surface area contributed by atoms with Crippen molar-refractivity contribution in [1.82, 2.24) is 0 Å². The minimum atomic E-state index is -0.413. The van der Waals surface area contributed by atoms with Crippen molar-refractivity contribution in [3.63, 3.8) is 0 Å². The van der Waals surface area contributed by atoms with Crippen LogP contribution >= 0.6 is 0 Å². The fourth-order valence-electron chi connectivity index (χ4n) is 2.79. The molecule has 0 aliphatic carbocycles. The summed E-state index contributed by atoms with van der Waals surface area (Å²) in [6.07, 6.45) is 0.731. The average Bonchev–Trinajstić information content (AvgIpc) is 2.93. The third-order valence-electron chi connectivity index (χ3n) is 4.39. The molecule has 0 amide bonds. The average molecular weight is 481 g/mol. The molecular formula is C25H32O9. The summed E-state index contributed by atoms with van der Waals surface area (Å²) >= 11 is 0. The van der Waals surface area contributed by atoms with E-state index in [1.165, 1.54) is 0 Å². The molecule has 2 aromatic rings. The largest absolute Gasteiger partial charge is 0.487 e. The van der Waals surface area contributed by atoms with E-state index in [1.807, 2.05) is 0 Å². The molecule has 0 spiro atoms. The Kier molecular flexibility index (Phi) is 9.59. The highest BCUT2D eigenvalue weighted by Gasteiger charge is 2.08. The van der Waals surface area contributed by atoms with E-state index < -0.39 is 12.1 Å². The zero-order valence-electron chi connectivity index (χ0n) is 23.0. The Hall–Kier alpha value is -2.85. The summed E-state index contributed by atoms with van der Waals surface area (Å²) in [5, 5.41) is 0. The first-order valence-corrected chi connectivity index (χ1v) is 11.0. The van der Waals surface area contributed by atoms with Crippen molar-refractivity contribution in [2.45, 2.75) is 0 Å². The molecule has 0 N–H and O–H groups in total. The summed E-state index contributed by atoms with van der Waals surface area (Å²) < 4.78 is 76.8. The van der Waals surface area contributed by atoms with Gasteiger partial charge < -0.3 is 37.9 Å². The van der Waals surface area contributed by atoms with Gasteiger partial charge in [0.25, 0.3) is 0 Å². The second kappa shape index (κ2) is 15.9. The molecule has 1 heterocycles. The van der Waals surface area contributed by atoms with Gasteiger partial charge in [0.1, 0.15) is 32.7 Å². The van der Waals surface area contributed by atoms with Gasteiger partial charge in [0.2, 0.25) is 0 Å². The number of aldehydes is 1. The molecule has 1 aliphatic heterocycles. The van der Waals surface area contributed by atoms with E-state index in [9.17, 15) is 4.79 Å². The van der Waals surface area contributed by atoms with Gasteiger partial charge in [0.15, 0.2) is 23.0 Å². The Labute approximate surface area is 205 Å². The van der Waals surface area contributed by atoms with Gasteiger partial charge in [-0.2, -0.15) is 0 Å². The fourth-order valence-corrected chi connectivity index (χ4v) is 2.79. The summed E-state index contributed by atoms with van der Waals surface area (Å²) in [6.45, 7) is 2.73. The molecular weight excluding hydrogens is 444 g/mol. The zero-order chi connectivity index (χ0) is 27.2. The van der Waals surface area contributed by atoms with Crippen LogP contribution in [0.1, 0.15) is 15.8 Å². The van der Waals surface area contributed by atoms with Gasteiger partial charge in [0, 0.05) is 5.56 Å². The molecule has 34 heavy (non-hydrogen) atoms. The molecule has 9 nitrogen and oxygen atoms in total. The van der Waals surface area contributed by atoms with Crippen LogP contribution in [0.5, 0.6) is 23.0 Å². The first-order valence-electron chi connectivity index (χ1n) is 13.0. The maximum absolute atomic E-state index is 11.1. The van der Waals surface area contributed by atoms with E-state index >= 15 is 0 Å². The number of hydrogen-bond donors (Lipinski definition) is 0. The van der Waals surface area contributed by atoms with E-state index in [0.717, 1.165) is 6.29 Å². The highest BCUT2D eigenvalue weighted by atomic mass is 16.6. The first kappa shape index (κ1) is 20.5. The van der Waals surface area contributed by atoms with Crippen LogP contribution in [0.4, 0.5) is 0 Å². The van der Waals surface area contributed by atoms with Crippen LogP contribution in [0, 0.1) is 0 Å². The van der Waals surface area contributed by atoms with Gasteiger partial charge in [-0.3, -0.25) is 4.79 Å². The summed E-state index contributed by atoms with van der Waals surface area (Å²) in [6, 6.07) is 3.43. The van der Waals surface area contributed by atoms with Crippen molar-refractivity contribution < 1.29 is 48.2 Å². The minimum Gasteiger partial charge on any atom is -0.487 e. The van der Waals surface area contributed by atoms with E-state index in [-0.39, 0.29) is 76.4 Å². The van der Waals surface area contributed by atoms with Crippen LogP contribution in [0.15, 0.2) is 42.4 Å². The van der Waals surface area contributed by atoms with Crippen molar-refractivity contribution in [3.8, 4) is 23.0 Å². The fraction of sp³-hybridized carbons (Fsp3) is 0.480. The van der Waals surface area contributed by atoms with Crippen LogP contribution in [0.25, 0.3) is 0 Å². The van der Waals surface area contributed by atoms with Crippen LogP contribution in [-0.2, 0) is 18.9 Å². The molecule has 0 radical (unpaired) electrons. The minimum absolute atomic E-state index is 0.0469. The maximum atomic E-state index is 11.1. The van der Waals surface area contributed by atoms with E-state index in [0.29, 0.717) is 43.5 Å². The van der Waals surface area contributed by atoms with Crippen molar-refractivity contribution in [3.05, 3.63) is 47.9 Å². The Morgan fingerprint density at radius 1 is 0.559 bits per heavy atom. The topological polar surface area (TPSA) is 90.9 Å². The Morgan fingerprint density at radius 2 is 0.971 bits per heavy atom. The van der Waals surface area contributed by atoms with Crippen molar-refractivity contribution in [2.75, 3.05) is 79.3 Å². The van der Waals surface area contributed by atoms with Crippen molar-refractivity contribution in [2.24, 2.45) is 0 Å². The smallest absolute Gasteiger partial charge is 0.162 e. The number of para-hydroxylation sites is 2. The second-order valence-corrected chi connectivity index (χ2v) is 6.83. The number of carbonyl (C=O) groups excluding carboxylic acids is 1. The summed E-state index contributed by atoms with van der Waals surface area (Å²) in [5.74, 6) is 0.765. The molecule has 0 saturated heterocycles. The molecule has 0 saturated carbocycles. The molecule has 0 aromatic heterocycles. The molecule has 0 unspecified atom stereocenters. The highest BCUT2D eigenvalue weighted by Crippen LogP contribution is 2.28. The van der Waals surface area contributed by atoms with Crippen LogP contribution in [-0.4, -0.2) is 85.6 Å². The van der Waals surface area contributed by atoms with Gasteiger partial charge in [-0.15, -0.1) is 0 Å². The normalized spacial score (nSPS) is 19.4. The highest BCUT2D eigenvalue weighted by molar-refractivity contribution is 5.76. The molecule has 3 rings (SSSR count). The zero-order valence-corrected chi connectivity index (χ0v) is 19.0. The van der Waals surface area contributed by atoms with Gasteiger partial charge >= 0.3 is 0 Å². The number of ether oxygens (including phenoxy) is 8. The van der Waals surface area contributed by atoms with E-state index in [2.05, 4.69) is 0 Å². The van der Waals surface area contributed by atoms with Crippen LogP contribution in [0.3, 0.4) is 0 Å². The maximum Gasteiger partial charge on any atom is 0.162 e. The molecule has 186 valence electrons. The summed E-state index contributed by atoms with van der Waals surface area (Å²) in [5.41, 5.74) is 0.465. The molecule has 0 atom stereocenters. The number of benzene rings is 2. The van der Waals surface area contributed by atoms with Gasteiger partial charge in [-0.05, 0) is 30.3 Å². The monoisotopic (exact) mass is 480 g/mol. The van der Waals surface area contributed by atoms with Crippen molar-refractivity contribution >= 4 is 6.29 Å². The standard InChI is InChI=1S/C25H32O9/c26-20-21-5-6-24-25(19-21)34-18-14-30-10-9-28-12-16-32-23-4-2-1-3-22(23)31-15-11-27-7-8-29-13-17-33-24/h1-6,19-20H,7-18H2/i1D,2D,3D,4D. The Bertz CT molecular complexity index is 1040. The second-order valence-electron chi connectivity index (χ2n) is 6.83. The van der Waals surface area contributed by atoms with Crippen molar-refractivity contribution in [1.29, 1.82) is 0 Å². The lowest BCUT2D eigenvalue weighted by Crippen LogP contribution is -2.15. The number of rotatable bonds is 1. The molecule has 0 fully saturated rings. The molecule has 9 heteroatoms. The first-order chi connectivity index (χ1) is 18.5. The predicted molar refractivity (Wildman–Crippen MR) is 124 cm³/mol. The van der Waals surface area contributed by atoms with E-state index in [4.69, 9.17) is 43.4 Å². The third-order valence-corrected chi connectivity index (χ3v) is 4.39. The lowest BCUT2D eigenvalue weighted by molar-refractivity contribution is 0.0223. The molecule has 1 aliphatic rings. The SMILES string of the molecule is [2H]c1c([2H])c([2H])c2c(c1[2H])OCCOCCOCCOc1ccc(C=O)cc1OCCOCCOCCO2. The Morgan fingerprint density at radius 3 is 1.44 bits per heavy atom. The number of fused-ring (bicyclic) bond motifs is 2. The lowest BCUT2D eigenvalue weighted by atomic mass is 10.2. The summed E-state index contributed by atoms with van der Waals surface area (Å²) in [4.78, 5) is 11.1. The van der Waals surface area contributed by atoms with Gasteiger partial charge in [-0.1, -0.05) is 12.1 Å². The lowest BCUT2D eigenvalue weighted by Gasteiger charge is -2.14. The van der Waals surface area contributed by atoms with Crippen LogP contribution in [0.2, 0.25) is 0 Å². The quantitative estimate of drug-likeness (QED) is 0.572. The third kappa shape index (κ3) is 9.56. The Balaban J connectivity index is 1.58.